The Morgan fingerprint density at radius 1 is 1.06 bits per heavy atom. The topological polar surface area (TPSA) is 77.4 Å². The second-order valence-corrected chi connectivity index (χ2v) is 6.73. The molecular formula is C23H21F3N2O5. The molecule has 0 radical (unpaired) electrons. The first-order valence-electron chi connectivity index (χ1n) is 9.99. The predicted molar refractivity (Wildman–Crippen MR) is 116 cm³/mol. The van der Waals surface area contributed by atoms with Crippen LogP contribution in [0.4, 0.5) is 18.9 Å². The summed E-state index contributed by atoms with van der Waals surface area (Å²) in [5.41, 5.74) is -1.37. The standard InChI is InChI=1S/C23H21F3N2O5/c1-4-32-18-11-6-14(13-19(18)31-3)12-17-20(23(24,25)26)27-28(21(17)29)16-9-7-15(8-10-16)22(30)33-5-2/h6-13H,4-5H2,1-3H3/b17-12-. The van der Waals surface area contributed by atoms with Gasteiger partial charge >= 0.3 is 12.1 Å². The first kappa shape index (κ1) is 23.8. The highest BCUT2D eigenvalue weighted by Crippen LogP contribution is 2.34. The Balaban J connectivity index is 1.98. The molecule has 1 aliphatic heterocycles. The monoisotopic (exact) mass is 462 g/mol. The van der Waals surface area contributed by atoms with E-state index in [9.17, 15) is 22.8 Å². The molecule has 0 bridgehead atoms. The maximum Gasteiger partial charge on any atom is 0.435 e. The number of benzene rings is 2. The Hall–Kier alpha value is -3.82. The number of rotatable bonds is 7. The molecule has 0 aromatic heterocycles. The van der Waals surface area contributed by atoms with Gasteiger partial charge in [0.05, 0.1) is 37.1 Å². The molecule has 10 heteroatoms. The van der Waals surface area contributed by atoms with E-state index in [0.717, 1.165) is 6.08 Å². The summed E-state index contributed by atoms with van der Waals surface area (Å²) in [6.45, 7) is 3.99. The third kappa shape index (κ3) is 5.16. The molecule has 3 rings (SSSR count). The molecule has 1 heterocycles. The molecule has 0 atom stereocenters. The molecule has 33 heavy (non-hydrogen) atoms. The Bertz CT molecular complexity index is 1110. The van der Waals surface area contributed by atoms with E-state index in [0.29, 0.717) is 28.7 Å². The van der Waals surface area contributed by atoms with Crippen molar-refractivity contribution < 1.29 is 37.0 Å². The lowest BCUT2D eigenvalue weighted by molar-refractivity contribution is -0.114. The summed E-state index contributed by atoms with van der Waals surface area (Å²) >= 11 is 0. The van der Waals surface area contributed by atoms with Crippen molar-refractivity contribution in [3.8, 4) is 11.5 Å². The molecule has 2 aromatic carbocycles. The Kier molecular flexibility index (Phi) is 7.05. The fourth-order valence-electron chi connectivity index (χ4n) is 3.10. The zero-order valence-electron chi connectivity index (χ0n) is 18.1. The second kappa shape index (κ2) is 9.76. The van der Waals surface area contributed by atoms with Crippen molar-refractivity contribution in [3.63, 3.8) is 0 Å². The molecule has 2 aromatic rings. The van der Waals surface area contributed by atoms with E-state index >= 15 is 0 Å². The normalized spacial score (nSPS) is 15.0. The number of hydrazone groups is 1. The number of nitrogens with zero attached hydrogens (tertiary/aromatic N) is 2. The highest BCUT2D eigenvalue weighted by atomic mass is 19.4. The van der Waals surface area contributed by atoms with Crippen molar-refractivity contribution in [2.24, 2.45) is 5.10 Å². The first-order valence-corrected chi connectivity index (χ1v) is 9.99. The summed E-state index contributed by atoms with van der Waals surface area (Å²) in [6, 6.07) is 9.87. The van der Waals surface area contributed by atoms with Crippen molar-refractivity contribution in [1.29, 1.82) is 0 Å². The van der Waals surface area contributed by atoms with Crippen molar-refractivity contribution in [2.75, 3.05) is 25.3 Å². The maximum atomic E-state index is 13.7. The highest BCUT2D eigenvalue weighted by molar-refractivity contribution is 6.34. The molecule has 0 spiro atoms. The lowest BCUT2D eigenvalue weighted by Crippen LogP contribution is -2.25. The van der Waals surface area contributed by atoms with Gasteiger partial charge in [0.1, 0.15) is 0 Å². The van der Waals surface area contributed by atoms with E-state index < -0.39 is 29.3 Å². The molecule has 1 aliphatic rings. The molecule has 174 valence electrons. The fraction of sp³-hybridized carbons (Fsp3) is 0.261. The van der Waals surface area contributed by atoms with Crippen LogP contribution in [0, 0.1) is 0 Å². The Labute approximate surface area is 188 Å². The lowest BCUT2D eigenvalue weighted by Gasteiger charge is -2.12. The number of hydrogen-bond donors (Lipinski definition) is 0. The third-order valence-corrected chi connectivity index (χ3v) is 4.57. The number of amides is 1. The zero-order valence-corrected chi connectivity index (χ0v) is 18.1. The van der Waals surface area contributed by atoms with Crippen LogP contribution in [0.2, 0.25) is 0 Å². The molecular weight excluding hydrogens is 441 g/mol. The van der Waals surface area contributed by atoms with Crippen LogP contribution in [0.15, 0.2) is 53.1 Å². The van der Waals surface area contributed by atoms with Gasteiger partial charge in [0.25, 0.3) is 5.91 Å². The van der Waals surface area contributed by atoms with E-state index in [-0.39, 0.29) is 17.9 Å². The molecule has 7 nitrogen and oxygen atoms in total. The van der Waals surface area contributed by atoms with Crippen LogP contribution in [-0.2, 0) is 9.53 Å². The summed E-state index contributed by atoms with van der Waals surface area (Å²) in [5.74, 6) is -0.804. The number of methoxy groups -OCH3 is 1. The zero-order chi connectivity index (χ0) is 24.2. The van der Waals surface area contributed by atoms with Gasteiger partial charge in [-0.25, -0.2) is 4.79 Å². The van der Waals surface area contributed by atoms with E-state index in [1.807, 2.05) is 0 Å². The highest BCUT2D eigenvalue weighted by Gasteiger charge is 2.46. The number of carbonyl (C=O) groups excluding carboxylic acids is 2. The van der Waals surface area contributed by atoms with Gasteiger partial charge in [-0.05, 0) is 61.9 Å². The van der Waals surface area contributed by atoms with Gasteiger partial charge in [0.15, 0.2) is 17.2 Å². The predicted octanol–water partition coefficient (Wildman–Crippen LogP) is 4.62. The quantitative estimate of drug-likeness (QED) is 0.443. The van der Waals surface area contributed by atoms with Gasteiger partial charge in [-0.15, -0.1) is 0 Å². The number of hydrogen-bond acceptors (Lipinski definition) is 6. The molecule has 1 amide bonds. The molecule has 0 aliphatic carbocycles. The van der Waals surface area contributed by atoms with Crippen molar-refractivity contribution in [3.05, 3.63) is 59.2 Å². The molecule has 0 saturated heterocycles. The number of carbonyl (C=O) groups is 2. The summed E-state index contributed by atoms with van der Waals surface area (Å²) < 4.78 is 56.6. The SMILES string of the molecule is CCOC(=O)c1ccc(N2N=C(C(F)(F)F)/C(=C/c3ccc(OCC)c(OC)c3)C2=O)cc1. The largest absolute Gasteiger partial charge is 0.493 e. The number of halogens is 3. The Morgan fingerprint density at radius 2 is 1.76 bits per heavy atom. The average molecular weight is 462 g/mol. The van der Waals surface area contributed by atoms with Gasteiger partial charge in [-0.3, -0.25) is 4.79 Å². The molecule has 0 unspecified atom stereocenters. The van der Waals surface area contributed by atoms with Gasteiger partial charge in [-0.2, -0.15) is 23.3 Å². The van der Waals surface area contributed by atoms with E-state index in [1.54, 1.807) is 19.9 Å². The lowest BCUT2D eigenvalue weighted by atomic mass is 10.1. The summed E-state index contributed by atoms with van der Waals surface area (Å²) in [7, 11) is 1.40. The summed E-state index contributed by atoms with van der Waals surface area (Å²) in [4.78, 5) is 24.7. The van der Waals surface area contributed by atoms with Crippen molar-refractivity contribution in [1.82, 2.24) is 0 Å². The van der Waals surface area contributed by atoms with Crippen LogP contribution >= 0.6 is 0 Å². The minimum atomic E-state index is -4.86. The van der Waals surface area contributed by atoms with Crippen LogP contribution in [-0.4, -0.2) is 44.1 Å². The Morgan fingerprint density at radius 3 is 2.33 bits per heavy atom. The number of esters is 1. The number of anilines is 1. The van der Waals surface area contributed by atoms with Crippen LogP contribution in [0.1, 0.15) is 29.8 Å². The molecule has 0 N–H and O–H groups in total. The van der Waals surface area contributed by atoms with Crippen molar-refractivity contribution >= 4 is 29.4 Å². The van der Waals surface area contributed by atoms with Gasteiger partial charge in [0, 0.05) is 0 Å². The van der Waals surface area contributed by atoms with Crippen LogP contribution < -0.4 is 14.5 Å². The maximum absolute atomic E-state index is 13.7. The van der Waals surface area contributed by atoms with E-state index in [4.69, 9.17) is 14.2 Å². The first-order chi connectivity index (χ1) is 15.7. The average Bonchev–Trinajstić information content (AvgIpc) is 3.11. The van der Waals surface area contributed by atoms with E-state index in [2.05, 4.69) is 5.10 Å². The van der Waals surface area contributed by atoms with Gasteiger partial charge in [0.2, 0.25) is 0 Å². The van der Waals surface area contributed by atoms with Crippen LogP contribution in [0.25, 0.3) is 6.08 Å². The second-order valence-electron chi connectivity index (χ2n) is 6.73. The van der Waals surface area contributed by atoms with Crippen LogP contribution in [0.5, 0.6) is 11.5 Å². The van der Waals surface area contributed by atoms with Gasteiger partial charge < -0.3 is 14.2 Å². The number of alkyl halides is 3. The van der Waals surface area contributed by atoms with Crippen LogP contribution in [0.3, 0.4) is 0 Å². The minimum absolute atomic E-state index is 0.0717. The summed E-state index contributed by atoms with van der Waals surface area (Å²) in [5, 5.41) is 4.17. The van der Waals surface area contributed by atoms with Crippen molar-refractivity contribution in [2.45, 2.75) is 20.0 Å². The molecule has 0 saturated carbocycles. The third-order valence-electron chi connectivity index (χ3n) is 4.57. The van der Waals surface area contributed by atoms with Gasteiger partial charge in [-0.1, -0.05) is 6.07 Å². The van der Waals surface area contributed by atoms with E-state index in [1.165, 1.54) is 43.5 Å². The minimum Gasteiger partial charge on any atom is -0.493 e. The fourth-order valence-corrected chi connectivity index (χ4v) is 3.10. The summed E-state index contributed by atoms with van der Waals surface area (Å²) in [6.07, 6.45) is -3.77. The smallest absolute Gasteiger partial charge is 0.435 e. The molecule has 0 fully saturated rings. The number of ether oxygens (including phenoxy) is 3.